The second kappa shape index (κ2) is 9.04. The Hall–Kier alpha value is -2.75. The number of likely N-dealkylation sites (tertiary alicyclic amines) is 2. The Morgan fingerprint density at radius 1 is 1.17 bits per heavy atom. The van der Waals surface area contributed by atoms with Gasteiger partial charge < -0.3 is 20.9 Å². The summed E-state index contributed by atoms with van der Waals surface area (Å²) in [6, 6.07) is 9.58. The molecule has 4 fully saturated rings. The molecule has 6 rings (SSSR count). The summed E-state index contributed by atoms with van der Waals surface area (Å²) in [5.74, 6) is 2.70. The van der Waals surface area contributed by atoms with E-state index in [0.29, 0.717) is 5.82 Å². The first-order valence-electron chi connectivity index (χ1n) is 12.9. The molecule has 1 aliphatic carbocycles. The Kier molecular flexibility index (Phi) is 5.86. The van der Waals surface area contributed by atoms with Crippen molar-refractivity contribution in [2.75, 3.05) is 57.7 Å². The van der Waals surface area contributed by atoms with E-state index in [2.05, 4.69) is 32.7 Å². The van der Waals surface area contributed by atoms with Crippen LogP contribution in [0.25, 0.3) is 5.69 Å². The molecule has 3 saturated heterocycles. The van der Waals surface area contributed by atoms with Gasteiger partial charge >= 0.3 is 11.7 Å². The number of piperidine rings is 1. The lowest BCUT2D eigenvalue weighted by Gasteiger charge is -2.22. The van der Waals surface area contributed by atoms with Crippen LogP contribution in [0.2, 0.25) is 0 Å². The minimum absolute atomic E-state index is 0.184. The number of amides is 2. The van der Waals surface area contributed by atoms with Gasteiger partial charge in [-0.1, -0.05) is 12.1 Å². The van der Waals surface area contributed by atoms with Crippen LogP contribution in [0.1, 0.15) is 18.4 Å². The lowest BCUT2D eigenvalue weighted by Crippen LogP contribution is -2.36. The largest absolute Gasteiger partial charge is 0.354 e. The maximum absolute atomic E-state index is 12.7. The number of nitrogens with two attached hydrogens (primary N) is 1. The maximum Gasteiger partial charge on any atom is 0.354 e. The third kappa shape index (κ3) is 4.48. The van der Waals surface area contributed by atoms with Crippen LogP contribution in [0.15, 0.2) is 41.3 Å². The van der Waals surface area contributed by atoms with Crippen LogP contribution in [0.4, 0.5) is 10.6 Å². The fourth-order valence-electron chi connectivity index (χ4n) is 6.49. The highest BCUT2D eigenvalue weighted by Crippen LogP contribution is 2.50. The molecule has 4 atom stereocenters. The molecule has 2 aromatic rings. The Balaban J connectivity index is 1.03. The topological polar surface area (TPSA) is 109 Å². The van der Waals surface area contributed by atoms with Gasteiger partial charge in [0.15, 0.2) is 0 Å². The average Bonchev–Trinajstić information content (AvgIpc) is 3.31. The van der Waals surface area contributed by atoms with E-state index in [-0.39, 0.29) is 11.4 Å². The number of nitrogens with zero attached hydrogens (tertiary/aromatic N) is 4. The summed E-state index contributed by atoms with van der Waals surface area (Å²) in [5.41, 5.74) is 7.65. The summed E-state index contributed by atoms with van der Waals surface area (Å²) in [6.45, 7) is 7.75. The third-order valence-electron chi connectivity index (χ3n) is 8.75. The lowest BCUT2D eigenvalue weighted by molar-refractivity contribution is 0.215. The Morgan fingerprint density at radius 3 is 2.66 bits per heavy atom. The third-order valence-corrected chi connectivity index (χ3v) is 8.75. The van der Waals surface area contributed by atoms with Gasteiger partial charge in [-0.05, 0) is 73.9 Å². The minimum atomic E-state index is -0.404. The normalized spacial score (nSPS) is 29.6. The molecule has 0 radical (unpaired) electrons. The van der Waals surface area contributed by atoms with Crippen LogP contribution >= 0.6 is 0 Å². The standard InChI is InChI=1S/C26H35N7O2/c27-13-20-21-14-31(15-22(20)21)10-5-18-1-3-19(4-2-18)33-11-6-23(30-25(33)35)29-24(34)32-12-8-26(17-32)7-9-28-16-26/h1-4,6,11,20-22,28H,5,7-10,12-17,27H2,(H,29,30,34,35)/t20?,21-,22+,26?. The molecule has 35 heavy (non-hydrogen) atoms. The molecule has 0 bridgehead atoms. The Morgan fingerprint density at radius 2 is 1.97 bits per heavy atom. The molecule has 2 amide bonds. The van der Waals surface area contributed by atoms with Gasteiger partial charge in [0.25, 0.3) is 0 Å². The first-order chi connectivity index (χ1) is 17.0. The van der Waals surface area contributed by atoms with E-state index in [4.69, 9.17) is 5.73 Å². The molecule has 4 heterocycles. The number of nitrogens with one attached hydrogen (secondary N) is 2. The van der Waals surface area contributed by atoms with E-state index < -0.39 is 5.69 Å². The fraction of sp³-hybridized carbons (Fsp3) is 0.577. The van der Waals surface area contributed by atoms with Crippen LogP contribution in [0.3, 0.4) is 0 Å². The SMILES string of the molecule is NCC1[C@H]2CN(CCc3ccc(-n4ccc(NC(=O)N5CCC6(CCNC6)C5)nc4=O)cc3)C[C@@H]12. The monoisotopic (exact) mass is 477 g/mol. The molecule has 1 saturated carbocycles. The lowest BCUT2D eigenvalue weighted by atomic mass is 9.87. The zero-order chi connectivity index (χ0) is 24.0. The molecule has 4 N–H and O–H groups in total. The summed E-state index contributed by atoms with van der Waals surface area (Å²) in [6.07, 6.45) is 4.81. The van der Waals surface area contributed by atoms with Crippen LogP contribution in [0.5, 0.6) is 0 Å². The Labute approximate surface area is 205 Å². The molecule has 1 aromatic carbocycles. The van der Waals surface area contributed by atoms with Crippen LogP contribution in [-0.4, -0.2) is 77.7 Å². The van der Waals surface area contributed by atoms with Crippen molar-refractivity contribution in [1.82, 2.24) is 24.7 Å². The number of hydrogen-bond acceptors (Lipinski definition) is 6. The van der Waals surface area contributed by atoms with Gasteiger partial charge in [0.1, 0.15) is 5.82 Å². The zero-order valence-electron chi connectivity index (χ0n) is 20.2. The molecule has 1 spiro atoms. The van der Waals surface area contributed by atoms with Crippen molar-refractivity contribution in [2.45, 2.75) is 19.3 Å². The van der Waals surface area contributed by atoms with Crippen molar-refractivity contribution >= 4 is 11.8 Å². The number of fused-ring (bicyclic) bond motifs is 1. The van der Waals surface area contributed by atoms with E-state index in [1.807, 2.05) is 17.0 Å². The summed E-state index contributed by atoms with van der Waals surface area (Å²) in [4.78, 5) is 33.9. The highest BCUT2D eigenvalue weighted by molar-refractivity contribution is 5.88. The molecule has 9 heteroatoms. The van der Waals surface area contributed by atoms with Crippen molar-refractivity contribution in [3.05, 3.63) is 52.6 Å². The number of anilines is 1. The first kappa shape index (κ1) is 22.7. The zero-order valence-corrected chi connectivity index (χ0v) is 20.2. The highest BCUT2D eigenvalue weighted by atomic mass is 16.2. The molecule has 186 valence electrons. The van der Waals surface area contributed by atoms with Gasteiger partial charge in [0.05, 0.1) is 5.69 Å². The number of benzene rings is 1. The summed E-state index contributed by atoms with van der Waals surface area (Å²) >= 11 is 0. The van der Waals surface area contributed by atoms with E-state index >= 15 is 0 Å². The summed E-state index contributed by atoms with van der Waals surface area (Å²) in [5, 5.41) is 6.21. The maximum atomic E-state index is 12.7. The predicted octanol–water partition coefficient (Wildman–Crippen LogP) is 1.13. The second-order valence-electron chi connectivity index (χ2n) is 10.9. The van der Waals surface area contributed by atoms with Crippen molar-refractivity contribution in [3.63, 3.8) is 0 Å². The minimum Gasteiger partial charge on any atom is -0.330 e. The number of carbonyl (C=O) groups excluding carboxylic acids is 1. The number of urea groups is 1. The summed E-state index contributed by atoms with van der Waals surface area (Å²) < 4.78 is 1.51. The van der Waals surface area contributed by atoms with Gasteiger partial charge in [0, 0.05) is 50.9 Å². The Bertz CT molecular complexity index is 1130. The molecule has 9 nitrogen and oxygen atoms in total. The van der Waals surface area contributed by atoms with Crippen LogP contribution in [0, 0.1) is 23.2 Å². The number of carbonyl (C=O) groups is 1. The fourth-order valence-corrected chi connectivity index (χ4v) is 6.49. The quantitative estimate of drug-likeness (QED) is 0.576. The van der Waals surface area contributed by atoms with Gasteiger partial charge in [-0.3, -0.25) is 9.88 Å². The molecule has 4 aliphatic rings. The van der Waals surface area contributed by atoms with E-state index in [0.717, 1.165) is 82.0 Å². The highest BCUT2D eigenvalue weighted by Gasteiger charge is 2.54. The molecule has 1 aromatic heterocycles. The number of hydrogen-bond donors (Lipinski definition) is 3. The number of aromatic nitrogens is 2. The van der Waals surface area contributed by atoms with E-state index in [1.54, 1.807) is 12.3 Å². The predicted molar refractivity (Wildman–Crippen MR) is 135 cm³/mol. The summed E-state index contributed by atoms with van der Waals surface area (Å²) in [7, 11) is 0. The molecule has 3 aliphatic heterocycles. The van der Waals surface area contributed by atoms with Crippen molar-refractivity contribution in [1.29, 1.82) is 0 Å². The van der Waals surface area contributed by atoms with Gasteiger partial charge in [0.2, 0.25) is 0 Å². The van der Waals surface area contributed by atoms with E-state index in [9.17, 15) is 9.59 Å². The smallest absolute Gasteiger partial charge is 0.330 e. The molecular weight excluding hydrogens is 442 g/mol. The van der Waals surface area contributed by atoms with Crippen molar-refractivity contribution in [3.8, 4) is 5.69 Å². The van der Waals surface area contributed by atoms with Crippen molar-refractivity contribution in [2.24, 2.45) is 28.9 Å². The van der Waals surface area contributed by atoms with Gasteiger partial charge in [-0.25, -0.2) is 9.59 Å². The number of rotatable bonds is 6. The van der Waals surface area contributed by atoms with Crippen LogP contribution < -0.4 is 22.1 Å². The van der Waals surface area contributed by atoms with Crippen LogP contribution in [-0.2, 0) is 6.42 Å². The van der Waals surface area contributed by atoms with E-state index in [1.165, 1.54) is 23.2 Å². The molecule has 2 unspecified atom stereocenters. The molecular formula is C26H35N7O2. The van der Waals surface area contributed by atoms with Crippen molar-refractivity contribution < 1.29 is 4.79 Å². The first-order valence-corrected chi connectivity index (χ1v) is 12.9. The van der Waals surface area contributed by atoms with Gasteiger partial charge in [-0.15, -0.1) is 0 Å². The average molecular weight is 478 g/mol. The second-order valence-corrected chi connectivity index (χ2v) is 10.9. The van der Waals surface area contributed by atoms with Gasteiger partial charge in [-0.2, -0.15) is 4.98 Å².